The van der Waals surface area contributed by atoms with Crippen molar-refractivity contribution < 1.29 is 14.3 Å². The highest BCUT2D eigenvalue weighted by molar-refractivity contribution is 5.78. The Kier molecular flexibility index (Phi) is 5.95. The number of amides is 1. The summed E-state index contributed by atoms with van der Waals surface area (Å²) in [5, 5.41) is 0. The maximum atomic E-state index is 12.7. The van der Waals surface area contributed by atoms with Gasteiger partial charge < -0.3 is 14.4 Å². The van der Waals surface area contributed by atoms with E-state index in [9.17, 15) is 4.79 Å². The van der Waals surface area contributed by atoms with Gasteiger partial charge in [-0.1, -0.05) is 42.5 Å². The lowest BCUT2D eigenvalue weighted by Gasteiger charge is -2.23. The third-order valence-electron chi connectivity index (χ3n) is 4.46. The second kappa shape index (κ2) is 8.56. The number of methoxy groups -OCH3 is 1. The molecule has 1 aliphatic rings. The van der Waals surface area contributed by atoms with Crippen molar-refractivity contribution in [3.05, 3.63) is 72.3 Å². The van der Waals surface area contributed by atoms with Crippen LogP contribution in [0.1, 0.15) is 24.0 Å². The number of rotatable bonds is 9. The van der Waals surface area contributed by atoms with Gasteiger partial charge in [0.15, 0.2) is 18.1 Å². The molecule has 2 aromatic rings. The molecule has 136 valence electrons. The molecule has 0 aromatic heterocycles. The first-order valence-corrected chi connectivity index (χ1v) is 8.95. The molecule has 0 unspecified atom stereocenters. The molecule has 1 saturated carbocycles. The third kappa shape index (κ3) is 4.66. The molecule has 26 heavy (non-hydrogen) atoms. The summed E-state index contributed by atoms with van der Waals surface area (Å²) in [7, 11) is 1.60. The average Bonchev–Trinajstić information content (AvgIpc) is 3.51. The van der Waals surface area contributed by atoms with E-state index in [4.69, 9.17) is 9.47 Å². The highest BCUT2D eigenvalue weighted by Gasteiger charge is 2.32. The monoisotopic (exact) mass is 351 g/mol. The summed E-state index contributed by atoms with van der Waals surface area (Å²) in [4.78, 5) is 14.6. The van der Waals surface area contributed by atoms with Gasteiger partial charge in [0.25, 0.3) is 5.91 Å². The molecule has 0 bridgehead atoms. The third-order valence-corrected chi connectivity index (χ3v) is 4.46. The normalized spacial score (nSPS) is 13.1. The van der Waals surface area contributed by atoms with E-state index in [1.807, 2.05) is 59.5 Å². The molecule has 0 heterocycles. The van der Waals surface area contributed by atoms with Crippen molar-refractivity contribution >= 4 is 5.91 Å². The molecule has 0 N–H and O–H groups in total. The summed E-state index contributed by atoms with van der Waals surface area (Å²) in [5.74, 6) is 1.23. The Morgan fingerprint density at radius 2 is 1.92 bits per heavy atom. The van der Waals surface area contributed by atoms with Crippen LogP contribution < -0.4 is 9.47 Å². The fourth-order valence-electron chi connectivity index (χ4n) is 2.93. The Morgan fingerprint density at radius 3 is 2.58 bits per heavy atom. The number of benzene rings is 2. The molecule has 0 spiro atoms. The summed E-state index contributed by atoms with van der Waals surface area (Å²) < 4.78 is 11.2. The van der Waals surface area contributed by atoms with Crippen LogP contribution in [0.3, 0.4) is 0 Å². The second-order valence-electron chi connectivity index (χ2n) is 6.51. The van der Waals surface area contributed by atoms with Crippen molar-refractivity contribution in [2.24, 2.45) is 0 Å². The fraction of sp³-hybridized carbons (Fsp3) is 0.318. The summed E-state index contributed by atoms with van der Waals surface area (Å²) in [6.45, 7) is 4.39. The molecule has 0 aliphatic heterocycles. The number of allylic oxidation sites excluding steroid dienone is 1. The van der Waals surface area contributed by atoms with Gasteiger partial charge in [0.05, 0.1) is 7.11 Å². The standard InChI is InChI=1S/C22H25NO3/c1-3-7-17-10-13-20(21(14-17)25-2)26-16-22(24)23(19-11-12-19)15-18-8-5-4-6-9-18/h3-6,8-10,13-14,19H,1,7,11-12,15-16H2,2H3. The summed E-state index contributed by atoms with van der Waals surface area (Å²) >= 11 is 0. The quantitative estimate of drug-likeness (QED) is 0.641. The number of hydrogen-bond acceptors (Lipinski definition) is 3. The molecule has 0 saturated heterocycles. The van der Waals surface area contributed by atoms with E-state index >= 15 is 0 Å². The minimum absolute atomic E-state index is 0.00794. The fourth-order valence-corrected chi connectivity index (χ4v) is 2.93. The molecule has 0 atom stereocenters. The zero-order valence-corrected chi connectivity index (χ0v) is 15.2. The lowest BCUT2D eigenvalue weighted by atomic mass is 10.1. The number of nitrogens with zero attached hydrogens (tertiary/aromatic N) is 1. The smallest absolute Gasteiger partial charge is 0.261 e. The van der Waals surface area contributed by atoms with Gasteiger partial charge >= 0.3 is 0 Å². The van der Waals surface area contributed by atoms with Crippen LogP contribution in [0.4, 0.5) is 0 Å². The Balaban J connectivity index is 1.64. The SMILES string of the molecule is C=CCc1ccc(OCC(=O)N(Cc2ccccc2)C2CC2)c(OC)c1. The highest BCUT2D eigenvalue weighted by atomic mass is 16.5. The minimum atomic E-state index is 0.00794. The van der Waals surface area contributed by atoms with Crippen LogP contribution in [0.2, 0.25) is 0 Å². The van der Waals surface area contributed by atoms with Crippen molar-refractivity contribution in [1.29, 1.82) is 0 Å². The zero-order chi connectivity index (χ0) is 18.4. The largest absolute Gasteiger partial charge is 0.493 e. The van der Waals surface area contributed by atoms with Crippen LogP contribution in [-0.2, 0) is 17.8 Å². The van der Waals surface area contributed by atoms with Gasteiger partial charge in [0.1, 0.15) is 0 Å². The molecule has 4 nitrogen and oxygen atoms in total. The van der Waals surface area contributed by atoms with Crippen LogP contribution in [0.5, 0.6) is 11.5 Å². The van der Waals surface area contributed by atoms with E-state index in [1.54, 1.807) is 7.11 Å². The minimum Gasteiger partial charge on any atom is -0.493 e. The van der Waals surface area contributed by atoms with Crippen LogP contribution in [0.25, 0.3) is 0 Å². The van der Waals surface area contributed by atoms with Crippen LogP contribution >= 0.6 is 0 Å². The number of carbonyl (C=O) groups excluding carboxylic acids is 1. The molecule has 1 aliphatic carbocycles. The molecule has 0 radical (unpaired) electrons. The summed E-state index contributed by atoms with van der Waals surface area (Å²) in [6.07, 6.45) is 4.74. The van der Waals surface area contributed by atoms with E-state index in [1.165, 1.54) is 0 Å². The van der Waals surface area contributed by atoms with Gasteiger partial charge in [-0.3, -0.25) is 4.79 Å². The van der Waals surface area contributed by atoms with Crippen LogP contribution in [-0.4, -0.2) is 30.6 Å². The molecule has 4 heteroatoms. The number of hydrogen-bond donors (Lipinski definition) is 0. The molecular weight excluding hydrogens is 326 g/mol. The Hall–Kier alpha value is -2.75. The van der Waals surface area contributed by atoms with E-state index < -0.39 is 0 Å². The van der Waals surface area contributed by atoms with E-state index in [2.05, 4.69) is 6.58 Å². The predicted molar refractivity (Wildman–Crippen MR) is 102 cm³/mol. The van der Waals surface area contributed by atoms with Gasteiger partial charge in [-0.2, -0.15) is 0 Å². The maximum absolute atomic E-state index is 12.7. The first-order chi connectivity index (χ1) is 12.7. The lowest BCUT2D eigenvalue weighted by molar-refractivity contribution is -0.134. The van der Waals surface area contributed by atoms with E-state index in [-0.39, 0.29) is 12.5 Å². The molecule has 1 amide bonds. The topological polar surface area (TPSA) is 38.8 Å². The van der Waals surface area contributed by atoms with Gasteiger partial charge in [-0.05, 0) is 42.5 Å². The van der Waals surface area contributed by atoms with Gasteiger partial charge in [0, 0.05) is 12.6 Å². The second-order valence-corrected chi connectivity index (χ2v) is 6.51. The van der Waals surface area contributed by atoms with E-state index in [0.717, 1.165) is 30.4 Å². The Morgan fingerprint density at radius 1 is 1.15 bits per heavy atom. The van der Waals surface area contributed by atoms with Gasteiger partial charge in [-0.25, -0.2) is 0 Å². The summed E-state index contributed by atoms with van der Waals surface area (Å²) in [5.41, 5.74) is 2.23. The Labute approximate surface area is 155 Å². The van der Waals surface area contributed by atoms with Gasteiger partial charge in [0.2, 0.25) is 0 Å². The first kappa shape index (κ1) is 18.1. The number of ether oxygens (including phenoxy) is 2. The number of carbonyl (C=O) groups is 1. The lowest BCUT2D eigenvalue weighted by Crippen LogP contribution is -2.36. The van der Waals surface area contributed by atoms with Gasteiger partial charge in [-0.15, -0.1) is 6.58 Å². The highest BCUT2D eigenvalue weighted by Crippen LogP contribution is 2.30. The van der Waals surface area contributed by atoms with Crippen molar-refractivity contribution in [1.82, 2.24) is 4.90 Å². The summed E-state index contributed by atoms with van der Waals surface area (Å²) in [6, 6.07) is 16.1. The zero-order valence-electron chi connectivity index (χ0n) is 15.2. The van der Waals surface area contributed by atoms with E-state index in [0.29, 0.717) is 24.1 Å². The molecule has 3 rings (SSSR count). The molecule has 2 aromatic carbocycles. The predicted octanol–water partition coefficient (Wildman–Crippen LogP) is 3.99. The maximum Gasteiger partial charge on any atom is 0.261 e. The van der Waals surface area contributed by atoms with Crippen molar-refractivity contribution in [2.75, 3.05) is 13.7 Å². The molecular formula is C22H25NO3. The van der Waals surface area contributed by atoms with Crippen LogP contribution in [0.15, 0.2) is 61.2 Å². The Bertz CT molecular complexity index is 753. The first-order valence-electron chi connectivity index (χ1n) is 8.95. The molecule has 1 fully saturated rings. The van der Waals surface area contributed by atoms with Crippen molar-refractivity contribution in [2.45, 2.75) is 31.8 Å². The van der Waals surface area contributed by atoms with Crippen molar-refractivity contribution in [3.63, 3.8) is 0 Å². The van der Waals surface area contributed by atoms with Crippen molar-refractivity contribution in [3.8, 4) is 11.5 Å². The van der Waals surface area contributed by atoms with Crippen LogP contribution in [0, 0.1) is 0 Å². The average molecular weight is 351 g/mol.